The first-order chi connectivity index (χ1) is 14.2. The van der Waals surface area contributed by atoms with Crippen LogP contribution < -0.4 is 10.2 Å². The van der Waals surface area contributed by atoms with Crippen LogP contribution in [0.4, 0.5) is 0 Å². The molecule has 0 spiro atoms. The molecule has 2 aromatic carbocycles. The number of benzene rings is 2. The Morgan fingerprint density at radius 3 is 2.59 bits per heavy atom. The zero-order chi connectivity index (χ0) is 20.1. The summed E-state index contributed by atoms with van der Waals surface area (Å²) in [4.78, 5) is 14.4. The zero-order valence-electron chi connectivity index (χ0n) is 16.7. The highest BCUT2D eigenvalue weighted by molar-refractivity contribution is 5.93. The van der Waals surface area contributed by atoms with E-state index >= 15 is 0 Å². The van der Waals surface area contributed by atoms with Crippen LogP contribution in [0.1, 0.15) is 27.7 Å². The number of hydrogen-bond donors (Lipinski definition) is 3. The van der Waals surface area contributed by atoms with Gasteiger partial charge in [0.2, 0.25) is 0 Å². The van der Waals surface area contributed by atoms with E-state index in [-0.39, 0.29) is 11.9 Å². The third-order valence-corrected chi connectivity index (χ3v) is 5.37. The third-order valence-electron chi connectivity index (χ3n) is 5.37. The number of amides is 1. The number of aryl methyl sites for hydroxylation is 1. The molecule has 2 heterocycles. The molecule has 0 aliphatic carbocycles. The summed E-state index contributed by atoms with van der Waals surface area (Å²) in [6, 6.07) is 20.0. The minimum absolute atomic E-state index is 0.0697. The number of nitrogens with zero attached hydrogens (tertiary/aromatic N) is 1. The van der Waals surface area contributed by atoms with Crippen molar-refractivity contribution >= 4 is 5.91 Å². The maximum atomic E-state index is 13.0. The number of morpholine rings is 1. The molecule has 1 aliphatic heterocycles. The van der Waals surface area contributed by atoms with Crippen molar-refractivity contribution in [3.05, 3.63) is 77.5 Å². The molecule has 1 atom stereocenters. The smallest absolute Gasteiger partial charge is 0.269 e. The Morgan fingerprint density at radius 2 is 1.86 bits per heavy atom. The second-order valence-electron chi connectivity index (χ2n) is 7.54. The molecule has 6 heteroatoms. The van der Waals surface area contributed by atoms with Gasteiger partial charge in [0.05, 0.1) is 18.9 Å². The van der Waals surface area contributed by atoms with Crippen LogP contribution in [0.2, 0.25) is 0 Å². The molecule has 1 saturated heterocycles. The largest absolute Gasteiger partial charge is 0.370 e. The van der Waals surface area contributed by atoms with Gasteiger partial charge in [0, 0.05) is 5.56 Å². The Kier molecular flexibility index (Phi) is 6.03. The number of carbonyl (C=O) groups excluding carboxylic acids is 1. The summed E-state index contributed by atoms with van der Waals surface area (Å²) in [6.45, 7) is 6.36. The van der Waals surface area contributed by atoms with Gasteiger partial charge < -0.3 is 15.0 Å². The summed E-state index contributed by atoms with van der Waals surface area (Å²) in [5, 5.41) is 10.4. The van der Waals surface area contributed by atoms with Crippen LogP contribution in [0.5, 0.6) is 0 Å². The van der Waals surface area contributed by atoms with Gasteiger partial charge >= 0.3 is 0 Å². The van der Waals surface area contributed by atoms with Crippen LogP contribution in [-0.4, -0.2) is 49.0 Å². The predicted octanol–water partition coefficient (Wildman–Crippen LogP) is 1.77. The van der Waals surface area contributed by atoms with E-state index < -0.39 is 0 Å². The fourth-order valence-corrected chi connectivity index (χ4v) is 3.63. The highest BCUT2D eigenvalue weighted by Gasteiger charge is 2.24. The lowest BCUT2D eigenvalue weighted by molar-refractivity contribution is -0.909. The Balaban J connectivity index is 1.51. The number of H-pyrrole nitrogens is 1. The standard InChI is InChI=1S/C23H26N4O2/c1-17-7-9-19(10-8-17)22(16-27-11-13-29-14-12-27)24-23(28)21-15-20(25-26-21)18-5-3-2-4-6-18/h2-10,15,22H,11-14,16H2,1H3,(H,24,28)(H,25,26)/p+1/t22-/m0/s1. The summed E-state index contributed by atoms with van der Waals surface area (Å²) in [6.07, 6.45) is 0. The molecule has 3 aromatic rings. The van der Waals surface area contributed by atoms with Gasteiger partial charge in [-0.3, -0.25) is 9.89 Å². The zero-order valence-corrected chi connectivity index (χ0v) is 16.7. The highest BCUT2D eigenvalue weighted by Crippen LogP contribution is 2.18. The fourth-order valence-electron chi connectivity index (χ4n) is 3.63. The van der Waals surface area contributed by atoms with Crippen molar-refractivity contribution in [2.45, 2.75) is 13.0 Å². The van der Waals surface area contributed by atoms with Crippen molar-refractivity contribution in [3.8, 4) is 11.3 Å². The third kappa shape index (κ3) is 4.91. The average Bonchev–Trinajstić information content (AvgIpc) is 3.26. The van der Waals surface area contributed by atoms with Gasteiger partial charge in [-0.05, 0) is 18.6 Å². The fraction of sp³-hybridized carbons (Fsp3) is 0.304. The first-order valence-electron chi connectivity index (χ1n) is 10.1. The van der Waals surface area contributed by atoms with Crippen LogP contribution in [0.15, 0.2) is 60.7 Å². The second kappa shape index (κ2) is 9.03. The van der Waals surface area contributed by atoms with Gasteiger partial charge in [-0.25, -0.2) is 0 Å². The van der Waals surface area contributed by atoms with Gasteiger partial charge in [0.15, 0.2) is 0 Å². The molecular formula is C23H27N4O2+. The maximum Gasteiger partial charge on any atom is 0.269 e. The van der Waals surface area contributed by atoms with Crippen molar-refractivity contribution in [2.75, 3.05) is 32.8 Å². The molecule has 3 N–H and O–H groups in total. The number of ether oxygens (including phenoxy) is 1. The average molecular weight is 391 g/mol. The number of nitrogens with one attached hydrogen (secondary N) is 3. The molecule has 0 radical (unpaired) electrons. The predicted molar refractivity (Wildman–Crippen MR) is 112 cm³/mol. The molecule has 0 unspecified atom stereocenters. The van der Waals surface area contributed by atoms with Crippen LogP contribution in [0.3, 0.4) is 0 Å². The van der Waals surface area contributed by atoms with E-state index in [1.54, 1.807) is 6.07 Å². The van der Waals surface area contributed by atoms with E-state index in [1.165, 1.54) is 10.5 Å². The molecule has 29 heavy (non-hydrogen) atoms. The minimum atomic E-state index is -0.141. The van der Waals surface area contributed by atoms with Crippen molar-refractivity contribution in [1.29, 1.82) is 0 Å². The van der Waals surface area contributed by atoms with Crippen molar-refractivity contribution < 1.29 is 14.4 Å². The SMILES string of the molecule is Cc1ccc([C@H](C[NH+]2CCOCC2)NC(=O)c2cc(-c3ccccc3)n[nH]2)cc1. The topological polar surface area (TPSA) is 71.5 Å². The lowest BCUT2D eigenvalue weighted by Crippen LogP contribution is -3.14. The van der Waals surface area contributed by atoms with Crippen molar-refractivity contribution in [2.24, 2.45) is 0 Å². The molecule has 1 aromatic heterocycles. The number of aromatic amines is 1. The summed E-state index contributed by atoms with van der Waals surface area (Å²) in [7, 11) is 0. The molecule has 1 aliphatic rings. The summed E-state index contributed by atoms with van der Waals surface area (Å²) in [5.41, 5.74) is 4.54. The summed E-state index contributed by atoms with van der Waals surface area (Å²) in [5.74, 6) is -0.141. The lowest BCUT2D eigenvalue weighted by Gasteiger charge is -2.28. The van der Waals surface area contributed by atoms with E-state index in [0.29, 0.717) is 5.69 Å². The first kappa shape index (κ1) is 19.4. The lowest BCUT2D eigenvalue weighted by atomic mass is 10.0. The quantitative estimate of drug-likeness (QED) is 0.600. The van der Waals surface area contributed by atoms with E-state index in [9.17, 15) is 4.79 Å². The van der Waals surface area contributed by atoms with Gasteiger partial charge in [-0.1, -0.05) is 60.2 Å². The number of carbonyl (C=O) groups is 1. The molecular weight excluding hydrogens is 364 g/mol. The Morgan fingerprint density at radius 1 is 1.14 bits per heavy atom. The number of hydrogen-bond acceptors (Lipinski definition) is 3. The number of rotatable bonds is 6. The Hall–Kier alpha value is -2.96. The van der Waals surface area contributed by atoms with Crippen LogP contribution >= 0.6 is 0 Å². The van der Waals surface area contributed by atoms with Crippen molar-refractivity contribution in [3.63, 3.8) is 0 Å². The van der Waals surface area contributed by atoms with E-state index in [2.05, 4.69) is 46.7 Å². The number of aromatic nitrogens is 2. The van der Waals surface area contributed by atoms with E-state index in [4.69, 9.17) is 4.74 Å². The second-order valence-corrected chi connectivity index (χ2v) is 7.54. The molecule has 1 fully saturated rings. The normalized spacial score (nSPS) is 15.8. The van der Waals surface area contributed by atoms with E-state index in [0.717, 1.165) is 49.7 Å². The molecule has 150 valence electrons. The summed E-state index contributed by atoms with van der Waals surface area (Å²) >= 11 is 0. The molecule has 6 nitrogen and oxygen atoms in total. The molecule has 4 rings (SSSR count). The van der Waals surface area contributed by atoms with Gasteiger partial charge in [0.1, 0.15) is 31.4 Å². The van der Waals surface area contributed by atoms with Gasteiger partial charge in [-0.15, -0.1) is 0 Å². The summed E-state index contributed by atoms with van der Waals surface area (Å²) < 4.78 is 5.48. The molecule has 0 bridgehead atoms. The minimum Gasteiger partial charge on any atom is -0.370 e. The first-order valence-corrected chi connectivity index (χ1v) is 10.1. The van der Waals surface area contributed by atoms with Crippen molar-refractivity contribution in [1.82, 2.24) is 15.5 Å². The monoisotopic (exact) mass is 391 g/mol. The van der Waals surface area contributed by atoms with Crippen LogP contribution in [0, 0.1) is 6.92 Å². The highest BCUT2D eigenvalue weighted by atomic mass is 16.5. The van der Waals surface area contributed by atoms with E-state index in [1.807, 2.05) is 30.3 Å². The number of quaternary nitrogens is 1. The van der Waals surface area contributed by atoms with Gasteiger partial charge in [0.25, 0.3) is 5.91 Å². The van der Waals surface area contributed by atoms with Crippen LogP contribution in [0.25, 0.3) is 11.3 Å². The molecule has 1 amide bonds. The Labute approximate surface area is 170 Å². The maximum absolute atomic E-state index is 13.0. The van der Waals surface area contributed by atoms with Crippen LogP contribution in [-0.2, 0) is 4.74 Å². The van der Waals surface area contributed by atoms with Gasteiger partial charge in [-0.2, -0.15) is 5.10 Å². The molecule has 0 saturated carbocycles. The Bertz CT molecular complexity index is 931.